The van der Waals surface area contributed by atoms with Crippen LogP contribution in [-0.4, -0.2) is 30.5 Å². The number of hydrogen-bond donors (Lipinski definition) is 1. The van der Waals surface area contributed by atoms with Gasteiger partial charge in [-0.25, -0.2) is 14.0 Å². The van der Waals surface area contributed by atoms with E-state index in [-0.39, 0.29) is 12.0 Å². The summed E-state index contributed by atoms with van der Waals surface area (Å²) in [4.78, 5) is 23.0. The van der Waals surface area contributed by atoms with Crippen LogP contribution in [0.5, 0.6) is 0 Å². The number of hydrogen-bond acceptors (Lipinski definition) is 5. The van der Waals surface area contributed by atoms with Crippen LogP contribution < -0.4 is 0 Å². The molecule has 1 aromatic rings. The van der Waals surface area contributed by atoms with Gasteiger partial charge in [-0.15, -0.1) is 0 Å². The molecule has 22 heavy (non-hydrogen) atoms. The number of aliphatic hydroxyl groups excluding tert-OH is 1. The first kappa shape index (κ1) is 17.8. The van der Waals surface area contributed by atoms with Gasteiger partial charge in [-0.2, -0.15) is 0 Å². The SMILES string of the molecule is C=C(C(=O)OC(F)CCC)C(O)c1ccc(C(=O)OC)cc1. The number of esters is 2. The molecule has 0 spiro atoms. The third-order valence-corrected chi connectivity index (χ3v) is 2.99. The highest BCUT2D eigenvalue weighted by Crippen LogP contribution is 2.22. The first-order valence-corrected chi connectivity index (χ1v) is 6.80. The summed E-state index contributed by atoms with van der Waals surface area (Å²) in [6.45, 7) is 5.19. The largest absolute Gasteiger partial charge is 0.465 e. The molecule has 0 saturated heterocycles. The molecule has 0 aliphatic rings. The van der Waals surface area contributed by atoms with Gasteiger partial charge < -0.3 is 14.6 Å². The predicted molar refractivity (Wildman–Crippen MR) is 77.8 cm³/mol. The number of halogens is 1. The molecule has 1 aromatic carbocycles. The molecule has 5 nitrogen and oxygen atoms in total. The summed E-state index contributed by atoms with van der Waals surface area (Å²) >= 11 is 0. The molecule has 0 aliphatic heterocycles. The lowest BCUT2D eigenvalue weighted by Crippen LogP contribution is -2.18. The number of carbonyl (C=O) groups excluding carboxylic acids is 2. The smallest absolute Gasteiger partial charge is 0.338 e. The summed E-state index contributed by atoms with van der Waals surface area (Å²) in [7, 11) is 1.26. The van der Waals surface area contributed by atoms with E-state index in [1.165, 1.54) is 31.4 Å². The predicted octanol–water partition coefficient (Wildman–Crippen LogP) is 2.70. The summed E-state index contributed by atoms with van der Waals surface area (Å²) in [6.07, 6.45) is -2.45. The van der Waals surface area contributed by atoms with Gasteiger partial charge in [0.1, 0.15) is 6.10 Å². The highest BCUT2D eigenvalue weighted by Gasteiger charge is 2.22. The Labute approximate surface area is 128 Å². The highest BCUT2D eigenvalue weighted by molar-refractivity contribution is 5.90. The fraction of sp³-hybridized carbons (Fsp3) is 0.375. The lowest BCUT2D eigenvalue weighted by atomic mass is 10.0. The van der Waals surface area contributed by atoms with Gasteiger partial charge in [0.05, 0.1) is 18.2 Å². The molecule has 120 valence electrons. The monoisotopic (exact) mass is 310 g/mol. The highest BCUT2D eigenvalue weighted by atomic mass is 19.1. The molecule has 0 saturated carbocycles. The zero-order valence-electron chi connectivity index (χ0n) is 12.5. The van der Waals surface area contributed by atoms with Crippen LogP contribution in [0.15, 0.2) is 36.4 Å². The minimum absolute atomic E-state index is 0.0863. The first-order chi connectivity index (χ1) is 10.4. The van der Waals surface area contributed by atoms with Crippen LogP contribution in [0.4, 0.5) is 4.39 Å². The van der Waals surface area contributed by atoms with Crippen LogP contribution in [0, 0.1) is 0 Å². The zero-order valence-corrected chi connectivity index (χ0v) is 12.5. The summed E-state index contributed by atoms with van der Waals surface area (Å²) in [5, 5.41) is 10.0. The number of carbonyl (C=O) groups is 2. The molecule has 1 N–H and O–H groups in total. The van der Waals surface area contributed by atoms with E-state index in [4.69, 9.17) is 0 Å². The Bertz CT molecular complexity index is 538. The standard InChI is InChI=1S/C16H19FO5/c1-4-5-13(17)22-15(19)10(2)14(18)11-6-8-12(9-7-11)16(20)21-3/h6-9,13-14,18H,2,4-5H2,1,3H3. The second-order valence-electron chi connectivity index (χ2n) is 4.65. The fourth-order valence-electron chi connectivity index (χ4n) is 1.71. The van der Waals surface area contributed by atoms with Crippen LogP contribution >= 0.6 is 0 Å². The summed E-state index contributed by atoms with van der Waals surface area (Å²) in [5.41, 5.74) is 0.364. The Morgan fingerprint density at radius 2 is 1.91 bits per heavy atom. The van der Waals surface area contributed by atoms with Crippen molar-refractivity contribution in [2.45, 2.75) is 32.2 Å². The maximum atomic E-state index is 13.2. The third kappa shape index (κ3) is 4.66. The number of aliphatic hydroxyl groups is 1. The van der Waals surface area contributed by atoms with Gasteiger partial charge in [0, 0.05) is 6.42 Å². The van der Waals surface area contributed by atoms with Gasteiger partial charge in [-0.3, -0.25) is 0 Å². The van der Waals surface area contributed by atoms with Gasteiger partial charge >= 0.3 is 11.9 Å². The second kappa shape index (κ2) is 8.29. The summed E-state index contributed by atoms with van der Waals surface area (Å²) < 4.78 is 22.3. The lowest BCUT2D eigenvalue weighted by Gasteiger charge is -2.15. The lowest BCUT2D eigenvalue weighted by molar-refractivity contribution is -0.154. The number of ether oxygens (including phenoxy) is 2. The van der Waals surface area contributed by atoms with E-state index in [0.29, 0.717) is 17.5 Å². The van der Waals surface area contributed by atoms with Crippen LogP contribution in [0.2, 0.25) is 0 Å². The number of alkyl halides is 1. The van der Waals surface area contributed by atoms with Crippen molar-refractivity contribution in [1.29, 1.82) is 0 Å². The molecule has 0 amide bonds. The molecule has 0 aromatic heterocycles. The maximum Gasteiger partial charge on any atom is 0.338 e. The number of benzene rings is 1. The minimum Gasteiger partial charge on any atom is -0.465 e. The molecule has 0 aliphatic carbocycles. The molecule has 2 unspecified atom stereocenters. The average molecular weight is 310 g/mol. The molecule has 2 atom stereocenters. The van der Waals surface area contributed by atoms with Crippen molar-refractivity contribution in [3.8, 4) is 0 Å². The van der Waals surface area contributed by atoms with E-state index in [2.05, 4.69) is 16.1 Å². The Balaban J connectivity index is 2.74. The Morgan fingerprint density at radius 3 is 2.41 bits per heavy atom. The van der Waals surface area contributed by atoms with Crippen LogP contribution in [-0.2, 0) is 14.3 Å². The van der Waals surface area contributed by atoms with E-state index >= 15 is 0 Å². The van der Waals surface area contributed by atoms with Crippen LogP contribution in [0.1, 0.15) is 41.8 Å². The number of rotatable bonds is 7. The third-order valence-electron chi connectivity index (χ3n) is 2.99. The van der Waals surface area contributed by atoms with E-state index in [0.717, 1.165) is 0 Å². The molecule has 6 heteroatoms. The van der Waals surface area contributed by atoms with E-state index < -0.39 is 24.4 Å². The van der Waals surface area contributed by atoms with Crippen molar-refractivity contribution in [2.75, 3.05) is 7.11 Å². The van der Waals surface area contributed by atoms with Gasteiger partial charge in [0.2, 0.25) is 6.36 Å². The van der Waals surface area contributed by atoms with Crippen molar-refractivity contribution >= 4 is 11.9 Å². The maximum absolute atomic E-state index is 13.2. The average Bonchev–Trinajstić information content (AvgIpc) is 2.52. The normalized spacial score (nSPS) is 13.1. The molecule has 0 bridgehead atoms. The molecule has 1 rings (SSSR count). The van der Waals surface area contributed by atoms with E-state index in [1.807, 2.05) is 0 Å². The van der Waals surface area contributed by atoms with Crippen molar-refractivity contribution in [1.82, 2.24) is 0 Å². The summed E-state index contributed by atoms with van der Waals surface area (Å²) in [5.74, 6) is -1.51. The first-order valence-electron chi connectivity index (χ1n) is 6.80. The van der Waals surface area contributed by atoms with Crippen molar-refractivity contribution in [3.05, 3.63) is 47.5 Å². The topological polar surface area (TPSA) is 72.8 Å². The zero-order chi connectivity index (χ0) is 16.7. The van der Waals surface area contributed by atoms with Gasteiger partial charge in [-0.1, -0.05) is 25.6 Å². The minimum atomic E-state index is -1.72. The Kier molecular flexibility index (Phi) is 6.72. The van der Waals surface area contributed by atoms with Crippen molar-refractivity contribution in [2.24, 2.45) is 0 Å². The summed E-state index contributed by atoms with van der Waals surface area (Å²) in [6, 6.07) is 5.79. The Hall–Kier alpha value is -2.21. The van der Waals surface area contributed by atoms with E-state index in [9.17, 15) is 19.1 Å². The Morgan fingerprint density at radius 1 is 1.32 bits per heavy atom. The quantitative estimate of drug-likeness (QED) is 0.619. The van der Waals surface area contributed by atoms with Gasteiger partial charge in [-0.05, 0) is 24.1 Å². The van der Waals surface area contributed by atoms with Gasteiger partial charge in [0.25, 0.3) is 0 Å². The fourth-order valence-corrected chi connectivity index (χ4v) is 1.71. The van der Waals surface area contributed by atoms with E-state index in [1.54, 1.807) is 6.92 Å². The molecule has 0 heterocycles. The van der Waals surface area contributed by atoms with Crippen LogP contribution in [0.3, 0.4) is 0 Å². The second-order valence-corrected chi connectivity index (χ2v) is 4.65. The number of methoxy groups -OCH3 is 1. The molecule has 0 radical (unpaired) electrons. The molecular weight excluding hydrogens is 291 g/mol. The van der Waals surface area contributed by atoms with Gasteiger partial charge in [0.15, 0.2) is 0 Å². The molecule has 0 fully saturated rings. The van der Waals surface area contributed by atoms with Crippen molar-refractivity contribution in [3.63, 3.8) is 0 Å². The van der Waals surface area contributed by atoms with Crippen LogP contribution in [0.25, 0.3) is 0 Å². The molecular formula is C16H19FO5. The van der Waals surface area contributed by atoms with Crippen molar-refractivity contribution < 1.29 is 28.6 Å².